The normalized spacial score (nSPS) is 20.7. The van der Waals surface area contributed by atoms with Crippen LogP contribution in [0.2, 0.25) is 0 Å². The van der Waals surface area contributed by atoms with Gasteiger partial charge in [-0.15, -0.1) is 0 Å². The van der Waals surface area contributed by atoms with Crippen LogP contribution in [-0.2, 0) is 19.9 Å². The smallest absolute Gasteiger partial charge is 0.407 e. The quantitative estimate of drug-likeness (QED) is 0.140. The Morgan fingerprint density at radius 3 is 2.22 bits per heavy atom. The Balaban J connectivity index is 1.05. The van der Waals surface area contributed by atoms with Gasteiger partial charge in [0.05, 0.1) is 19.5 Å². The lowest BCUT2D eigenvalue weighted by Crippen LogP contribution is -2.51. The fourth-order valence-corrected chi connectivity index (χ4v) is 7.59. The molecule has 0 saturated carbocycles. The molecule has 2 aromatic carbocycles. The van der Waals surface area contributed by atoms with Crippen molar-refractivity contribution in [2.75, 3.05) is 20.2 Å². The first-order chi connectivity index (χ1) is 26.0. The summed E-state index contributed by atoms with van der Waals surface area (Å²) in [4.78, 5) is 51.9. The first kappa shape index (κ1) is 37.0. The minimum absolute atomic E-state index is 0.0869. The predicted molar refractivity (Wildman–Crippen MR) is 199 cm³/mol. The number of benzene rings is 2. The van der Waals surface area contributed by atoms with E-state index in [1.165, 1.54) is 7.11 Å². The van der Waals surface area contributed by atoms with Crippen molar-refractivity contribution in [1.29, 1.82) is 0 Å². The molecule has 0 aliphatic carbocycles. The Labute approximate surface area is 315 Å². The Bertz CT molecular complexity index is 2020. The molecule has 3 aliphatic heterocycles. The number of aromatic nitrogens is 2. The monoisotopic (exact) mass is 739 g/mol. The molecule has 0 spiro atoms. The van der Waals surface area contributed by atoms with E-state index in [1.807, 2.05) is 62.1 Å². The third kappa shape index (κ3) is 7.03. The zero-order valence-electron chi connectivity index (χ0n) is 31.8. The Morgan fingerprint density at radius 1 is 0.907 bits per heavy atom. The number of ether oxygens (including phenoxy) is 3. The lowest BCUT2D eigenvalue weighted by atomic mass is 9.97. The number of alkyl carbamates (subject to hydrolysis) is 1. The molecule has 3 aliphatic rings. The number of rotatable bonds is 11. The fraction of sp³-hybridized carbons (Fsp3) is 0.488. The van der Waals surface area contributed by atoms with Gasteiger partial charge in [0, 0.05) is 30.6 Å². The molecule has 0 bridgehead atoms. The average molecular weight is 740 g/mol. The van der Waals surface area contributed by atoms with Crippen molar-refractivity contribution < 1.29 is 37.4 Å². The number of amides is 3. The summed E-state index contributed by atoms with van der Waals surface area (Å²) in [6.45, 7) is 11.4. The molecule has 13 nitrogen and oxygen atoms in total. The van der Waals surface area contributed by atoms with Gasteiger partial charge in [-0.2, -0.15) is 0 Å². The van der Waals surface area contributed by atoms with Crippen molar-refractivity contribution in [2.45, 2.75) is 97.2 Å². The maximum Gasteiger partial charge on any atom is 0.407 e. The number of nitrogens with one attached hydrogen (secondary N) is 1. The lowest BCUT2D eigenvalue weighted by molar-refractivity contribution is -0.137. The summed E-state index contributed by atoms with van der Waals surface area (Å²) < 4.78 is 30.0. The highest BCUT2D eigenvalue weighted by molar-refractivity contribution is 5.86. The summed E-state index contributed by atoms with van der Waals surface area (Å²) in [6, 6.07) is 10.1. The largest absolute Gasteiger partial charge is 0.453 e. The maximum absolute atomic E-state index is 13.7. The van der Waals surface area contributed by atoms with E-state index in [4.69, 9.17) is 23.0 Å². The number of carbonyl (C=O) groups is 3. The third-order valence-corrected chi connectivity index (χ3v) is 11.3. The van der Waals surface area contributed by atoms with Gasteiger partial charge in [0.2, 0.25) is 23.6 Å². The van der Waals surface area contributed by atoms with Crippen molar-refractivity contribution in [3.8, 4) is 45.6 Å². The molecule has 5 heterocycles. The first-order valence-electron chi connectivity index (χ1n) is 19.0. The molecule has 1 N–H and O–H groups in total. The van der Waals surface area contributed by atoms with Gasteiger partial charge in [-0.25, -0.2) is 14.8 Å². The standard InChI is InChI=1S/C41H49N5O8/c1-7-24(3)19-35(47)46-18-10-16-41(46,5)39-43-23-34(54-39)27-13-15-30-32(21-27)52-29-14-12-26(20-31(29)51-30)33-22-42-37(53-33)28-11-9-17-45(28)38(48)36(25(4)8-2)44-40(49)50-6/h12-15,20-25,28,36H,7-11,16-19H2,1-6H3,(H,44,49)/t24-,25-,28-,36-,41+/m0/s1. The molecule has 4 aromatic rings. The Hall–Kier alpha value is -5.33. The molecule has 3 amide bonds. The highest BCUT2D eigenvalue weighted by Crippen LogP contribution is 2.48. The van der Waals surface area contributed by atoms with E-state index in [9.17, 15) is 14.4 Å². The summed E-state index contributed by atoms with van der Waals surface area (Å²) in [5.41, 5.74) is 0.925. The van der Waals surface area contributed by atoms with Gasteiger partial charge in [0.1, 0.15) is 17.6 Å². The molecule has 5 atom stereocenters. The number of nitrogens with zero attached hydrogens (tertiary/aromatic N) is 4. The van der Waals surface area contributed by atoms with Crippen LogP contribution in [0, 0.1) is 11.8 Å². The van der Waals surface area contributed by atoms with E-state index in [2.05, 4.69) is 29.1 Å². The Kier molecular flexibility index (Phi) is 10.4. The van der Waals surface area contributed by atoms with Gasteiger partial charge in [-0.05, 0) is 80.8 Å². The van der Waals surface area contributed by atoms with Gasteiger partial charge in [-0.1, -0.05) is 40.5 Å². The number of likely N-dealkylation sites (tertiary alicyclic amines) is 2. The van der Waals surface area contributed by atoms with Gasteiger partial charge < -0.3 is 38.2 Å². The van der Waals surface area contributed by atoms with Gasteiger partial charge in [0.15, 0.2) is 34.5 Å². The Morgan fingerprint density at radius 2 is 1.57 bits per heavy atom. The average Bonchev–Trinajstić information content (AvgIpc) is 4.02. The zero-order valence-corrected chi connectivity index (χ0v) is 31.8. The van der Waals surface area contributed by atoms with Crippen molar-refractivity contribution >= 4 is 17.9 Å². The van der Waals surface area contributed by atoms with Crippen molar-refractivity contribution in [2.24, 2.45) is 11.8 Å². The number of hydrogen-bond acceptors (Lipinski definition) is 10. The fourth-order valence-electron chi connectivity index (χ4n) is 7.59. The molecule has 2 fully saturated rings. The van der Waals surface area contributed by atoms with Crippen LogP contribution in [0.25, 0.3) is 22.6 Å². The second-order valence-electron chi connectivity index (χ2n) is 14.9. The maximum atomic E-state index is 13.7. The van der Waals surface area contributed by atoms with Gasteiger partial charge >= 0.3 is 6.09 Å². The second-order valence-corrected chi connectivity index (χ2v) is 14.9. The first-order valence-corrected chi connectivity index (χ1v) is 19.0. The molecule has 2 saturated heterocycles. The summed E-state index contributed by atoms with van der Waals surface area (Å²) in [5, 5.41) is 2.72. The SMILES string of the molecule is CC[C@H](C)CC(=O)N1CCC[C@]1(C)c1ncc(-c2ccc3c(c2)Oc2ccc(-c4cnc([C@@H]5CCCN5C(=O)[C@@H](NC(=O)OC)[C@@H](C)CC)o4)cc2O3)o1. The van der Waals surface area contributed by atoms with Gasteiger partial charge in [0.25, 0.3) is 0 Å². The second kappa shape index (κ2) is 15.2. The highest BCUT2D eigenvalue weighted by atomic mass is 16.6. The van der Waals surface area contributed by atoms with E-state index in [0.29, 0.717) is 84.6 Å². The molecule has 286 valence electrons. The molecular formula is C41H49N5O8. The number of oxazole rings is 2. The third-order valence-electron chi connectivity index (χ3n) is 11.3. The topological polar surface area (TPSA) is 149 Å². The summed E-state index contributed by atoms with van der Waals surface area (Å²) >= 11 is 0. The summed E-state index contributed by atoms with van der Waals surface area (Å²) in [7, 11) is 1.29. The predicted octanol–water partition coefficient (Wildman–Crippen LogP) is 8.60. The van der Waals surface area contributed by atoms with E-state index >= 15 is 0 Å². The summed E-state index contributed by atoms with van der Waals surface area (Å²) in [6.07, 6.45) is 8.09. The minimum Gasteiger partial charge on any atom is -0.453 e. The van der Waals surface area contributed by atoms with Crippen molar-refractivity contribution in [3.63, 3.8) is 0 Å². The van der Waals surface area contributed by atoms with Gasteiger partial charge in [-0.3, -0.25) is 9.59 Å². The molecule has 13 heteroatoms. The van der Waals surface area contributed by atoms with Crippen LogP contribution < -0.4 is 14.8 Å². The highest BCUT2D eigenvalue weighted by Gasteiger charge is 2.45. The number of hydrogen-bond donors (Lipinski definition) is 1. The molecule has 0 unspecified atom stereocenters. The van der Waals surface area contributed by atoms with Crippen LogP contribution in [0.4, 0.5) is 4.79 Å². The van der Waals surface area contributed by atoms with Crippen LogP contribution in [0.1, 0.15) is 97.4 Å². The molecule has 7 rings (SSSR count). The molecular weight excluding hydrogens is 690 g/mol. The van der Waals surface area contributed by atoms with Crippen LogP contribution in [-0.4, -0.2) is 63.9 Å². The van der Waals surface area contributed by atoms with E-state index in [0.717, 1.165) is 36.8 Å². The van der Waals surface area contributed by atoms with Crippen molar-refractivity contribution in [3.05, 3.63) is 60.6 Å². The lowest BCUT2D eigenvalue weighted by Gasteiger charge is -2.33. The van der Waals surface area contributed by atoms with Crippen LogP contribution in [0.15, 0.2) is 57.6 Å². The van der Waals surface area contributed by atoms with E-state index < -0.39 is 17.7 Å². The molecule has 0 radical (unpaired) electrons. The number of carbonyl (C=O) groups excluding carboxylic acids is 3. The minimum atomic E-state index is -0.718. The van der Waals surface area contributed by atoms with Crippen molar-refractivity contribution in [1.82, 2.24) is 25.1 Å². The number of fused-ring (bicyclic) bond motifs is 2. The van der Waals surface area contributed by atoms with Crippen LogP contribution in [0.5, 0.6) is 23.0 Å². The van der Waals surface area contributed by atoms with Crippen LogP contribution in [0.3, 0.4) is 0 Å². The van der Waals surface area contributed by atoms with Crippen LogP contribution >= 0.6 is 0 Å². The number of methoxy groups -OCH3 is 1. The van der Waals surface area contributed by atoms with E-state index in [-0.39, 0.29) is 23.8 Å². The zero-order chi connectivity index (χ0) is 38.1. The molecule has 54 heavy (non-hydrogen) atoms. The summed E-state index contributed by atoms with van der Waals surface area (Å²) in [5.74, 6) is 4.42. The van der Waals surface area contributed by atoms with E-state index in [1.54, 1.807) is 17.3 Å². The molecule has 2 aromatic heterocycles.